The van der Waals surface area contributed by atoms with Crippen molar-refractivity contribution in [1.29, 1.82) is 0 Å². The van der Waals surface area contributed by atoms with Gasteiger partial charge in [-0.1, -0.05) is 71.0 Å². The van der Waals surface area contributed by atoms with Crippen molar-refractivity contribution >= 4 is 169 Å². The number of carbonyl (C=O) groups excluding carboxylic acids is 18. The van der Waals surface area contributed by atoms with E-state index in [1.165, 1.54) is 54.3 Å². The average molecular weight is 1990 g/mol. The topological polar surface area (TPSA) is 613 Å². The number of hydrogen-bond donors (Lipinski definition) is 16. The zero-order chi connectivity index (χ0) is 101. The molecule has 4 fully saturated rings. The van der Waals surface area contributed by atoms with E-state index in [-0.39, 0.29) is 190 Å². The van der Waals surface area contributed by atoms with Gasteiger partial charge in [0.05, 0.1) is 77.2 Å². The molecular formula is C92H135N19O24S3. The maximum absolute atomic E-state index is 15.5. The van der Waals surface area contributed by atoms with E-state index < -0.39 is 223 Å². The zero-order valence-electron chi connectivity index (χ0n) is 79.5. The third kappa shape index (κ3) is 34.9. The number of carboxylic acid groups (broad SMARTS) is 1. The van der Waals surface area contributed by atoms with Gasteiger partial charge in [0.25, 0.3) is 0 Å². The third-order valence-electron chi connectivity index (χ3n) is 24.2. The largest absolute Gasteiger partial charge is 0.481 e. The van der Waals surface area contributed by atoms with E-state index in [1.54, 1.807) is 81.7 Å². The van der Waals surface area contributed by atoms with Crippen LogP contribution in [0.5, 0.6) is 0 Å². The molecule has 4 saturated heterocycles. The lowest BCUT2D eigenvalue weighted by Gasteiger charge is -2.32. The molecule has 8 rings (SSSR count). The van der Waals surface area contributed by atoms with E-state index in [1.807, 2.05) is 0 Å². The number of aliphatic carboxylic acids is 1. The van der Waals surface area contributed by atoms with Gasteiger partial charge in [0.15, 0.2) is 11.6 Å². The van der Waals surface area contributed by atoms with Gasteiger partial charge in [0.2, 0.25) is 94.5 Å². The van der Waals surface area contributed by atoms with Crippen molar-refractivity contribution in [2.75, 3.05) is 147 Å². The van der Waals surface area contributed by atoms with Gasteiger partial charge in [-0.05, 0) is 68.2 Å². The second kappa shape index (κ2) is 56.7. The molecule has 0 spiro atoms. The summed E-state index contributed by atoms with van der Waals surface area (Å²) in [4.78, 5) is 285. The Morgan fingerprint density at radius 2 is 1.03 bits per heavy atom. The Kier molecular flexibility index (Phi) is 46.0. The molecular weight excluding hydrogens is 1850 g/mol. The number of nitrogens with zero attached hydrogens (tertiary/aromatic N) is 5. The summed E-state index contributed by atoms with van der Waals surface area (Å²) in [5, 5.41) is 49.1. The molecule has 0 unspecified atom stereocenters. The van der Waals surface area contributed by atoms with Gasteiger partial charge >= 0.3 is 5.97 Å². The fourth-order valence-corrected chi connectivity index (χ4v) is 19.0. The number of ether oxygens (including phenoxy) is 3. The number of fused-ring (bicyclic) bond motifs is 18. The summed E-state index contributed by atoms with van der Waals surface area (Å²) in [6, 6.07) is -1.06. The monoisotopic (exact) mass is 1990 g/mol. The predicted molar refractivity (Wildman–Crippen MR) is 513 cm³/mol. The number of nitrogens with two attached hydrogens (primary N) is 2. The molecule has 4 bridgehead atoms. The number of carboxylic acids is 1. The number of H-pyrrole nitrogens is 2. The molecule has 138 heavy (non-hydrogen) atoms. The van der Waals surface area contributed by atoms with Gasteiger partial charge in [0, 0.05) is 185 Å². The fourth-order valence-electron chi connectivity index (χ4n) is 16.1. The molecule has 4 aliphatic rings. The molecule has 0 saturated carbocycles. The van der Waals surface area contributed by atoms with Crippen LogP contribution >= 0.6 is 35.3 Å². The number of aromatic nitrogens is 2. The summed E-state index contributed by atoms with van der Waals surface area (Å²) >= 11 is 3.28. The molecule has 4 aromatic rings. The summed E-state index contributed by atoms with van der Waals surface area (Å²) in [5.41, 5.74) is 13.8. The molecule has 13 atom stereocenters. The molecule has 0 aliphatic carbocycles. The van der Waals surface area contributed by atoms with Gasteiger partial charge in [-0.3, -0.25) is 91.1 Å². The van der Waals surface area contributed by atoms with Crippen LogP contribution in [0.15, 0.2) is 60.9 Å². The lowest BCUT2D eigenvalue weighted by Crippen LogP contribution is -2.61. The highest BCUT2D eigenvalue weighted by molar-refractivity contribution is 7.99. The number of ketones is 2. The van der Waals surface area contributed by atoms with E-state index in [0.717, 1.165) is 40.2 Å². The number of carbonyl (C=O) groups is 19. The Hall–Kier alpha value is -11.3. The van der Waals surface area contributed by atoms with Gasteiger partial charge in [-0.25, -0.2) is 0 Å². The molecule has 2 aromatic heterocycles. The van der Waals surface area contributed by atoms with Crippen molar-refractivity contribution < 1.29 is 116 Å². The number of primary amides is 1. The van der Waals surface area contributed by atoms with E-state index in [4.69, 9.17) is 25.7 Å². The molecule has 18 N–H and O–H groups in total. The van der Waals surface area contributed by atoms with E-state index >= 15 is 14.4 Å². The first-order valence-electron chi connectivity index (χ1n) is 46.7. The van der Waals surface area contributed by atoms with Gasteiger partial charge in [0.1, 0.15) is 54.4 Å². The number of aromatic amines is 2. The number of nitrogens with one attached hydrogen (secondary N) is 12. The van der Waals surface area contributed by atoms with Crippen molar-refractivity contribution in [2.45, 2.75) is 192 Å². The highest BCUT2D eigenvalue weighted by Crippen LogP contribution is 2.27. The van der Waals surface area contributed by atoms with E-state index in [2.05, 4.69) is 63.1 Å². The highest BCUT2D eigenvalue weighted by atomic mass is 32.2. The van der Waals surface area contributed by atoms with E-state index in [0.29, 0.717) is 39.4 Å². The normalized spacial score (nSPS) is 24.6. The average Bonchev–Trinajstić information content (AvgIpc) is 1.68. The first-order valence-corrected chi connectivity index (χ1v) is 50.2. The quantitative estimate of drug-likeness (QED) is 0.0478. The molecule has 2 aromatic carbocycles. The minimum atomic E-state index is -1.96. The number of amides is 16. The first-order chi connectivity index (χ1) is 65.9. The number of benzene rings is 2. The minimum absolute atomic E-state index is 0.00203. The number of para-hydroxylation sites is 2. The van der Waals surface area contributed by atoms with Crippen LogP contribution in [0.4, 0.5) is 0 Å². The molecule has 4 aliphatic heterocycles. The van der Waals surface area contributed by atoms with Crippen LogP contribution in [0.1, 0.15) is 124 Å². The van der Waals surface area contributed by atoms with Crippen LogP contribution in [-0.4, -0.2) is 370 Å². The number of rotatable bonds is 19. The second-order valence-corrected chi connectivity index (χ2v) is 38.7. The highest BCUT2D eigenvalue weighted by Gasteiger charge is 2.43. The molecule has 760 valence electrons. The number of likely N-dealkylation sites (N-methyl/N-ethyl adjacent to an activating group) is 1. The zero-order valence-corrected chi connectivity index (χ0v) is 81.9. The lowest BCUT2D eigenvalue weighted by molar-refractivity contribution is -0.143. The van der Waals surface area contributed by atoms with Gasteiger partial charge in [-0.2, -0.15) is 35.3 Å². The van der Waals surface area contributed by atoms with Crippen LogP contribution in [0.2, 0.25) is 0 Å². The summed E-state index contributed by atoms with van der Waals surface area (Å²) in [7, 11) is 1.38. The summed E-state index contributed by atoms with van der Waals surface area (Å²) in [6.45, 7) is 9.06. The van der Waals surface area contributed by atoms with Crippen molar-refractivity contribution in [3.63, 3.8) is 0 Å². The molecule has 16 amide bonds. The van der Waals surface area contributed by atoms with Crippen LogP contribution < -0.4 is 64.6 Å². The molecule has 43 nitrogen and oxygen atoms in total. The Morgan fingerprint density at radius 1 is 0.543 bits per heavy atom. The van der Waals surface area contributed by atoms with Crippen molar-refractivity contribution in [1.82, 2.24) is 87.6 Å². The number of thioether (sulfide) groups is 3. The number of hydrogen-bond acceptors (Lipinski definition) is 27. The van der Waals surface area contributed by atoms with Crippen LogP contribution in [0.25, 0.3) is 21.8 Å². The Labute approximate surface area is 813 Å². The SMILES string of the molecule is CC[C@@H]1CC(=O)[C@H]([C@@H](C)O)NC(=O)[C@@H](CC(=O)[C@H](C)NC(=O)CN(C)C(=O)CCN)CSCCC(=O)N2CCOCCN3CCOCCN(CCOCC2)C(=O)CCSC[C@H](NC1=O)C(=O)N[C@@H](Cc1c[nH]c2ccccc12)C(=O)N[C@@H](C(C)C)C(=O)N[C@@H](CC(=O)O)C(=O)NCC(=O)N[C@@H](Cc1c[nH]c2ccccc12)C(=O)N[C@@H](C(C)C)C(=O)N1CCC[C@H]1C(=O)N[C@H](C(N)=O)CSCCC3=O. The minimum Gasteiger partial charge on any atom is -0.481 e. The van der Waals surface area contributed by atoms with Gasteiger partial charge < -0.3 is 124 Å². The summed E-state index contributed by atoms with van der Waals surface area (Å²) < 4.78 is 18.3. The molecule has 0 radical (unpaired) electrons. The van der Waals surface area contributed by atoms with Crippen molar-refractivity contribution in [3.8, 4) is 0 Å². The maximum Gasteiger partial charge on any atom is 0.305 e. The van der Waals surface area contributed by atoms with Crippen LogP contribution in [0.3, 0.4) is 0 Å². The number of aliphatic hydroxyl groups excluding tert-OH is 1. The van der Waals surface area contributed by atoms with Crippen LogP contribution in [0, 0.1) is 23.7 Å². The summed E-state index contributed by atoms with van der Waals surface area (Å²) in [5.74, 6) is -20.3. The van der Waals surface area contributed by atoms with Crippen molar-refractivity contribution in [2.24, 2.45) is 35.1 Å². The Balaban J connectivity index is 1.17. The van der Waals surface area contributed by atoms with Gasteiger partial charge in [-0.15, -0.1) is 0 Å². The second-order valence-electron chi connectivity index (χ2n) is 35.3. The number of Topliss-reactive ketones (excluding diaryl/α,β-unsaturated/α-hetero) is 2. The first kappa shape index (κ1) is 112. The predicted octanol–water partition coefficient (Wildman–Crippen LogP) is -2.11. The fraction of sp³-hybridized carbons (Fsp3) is 0.620. The molecule has 6 heterocycles. The Bertz CT molecular complexity index is 4900. The van der Waals surface area contributed by atoms with Crippen LogP contribution in [-0.2, 0) is 118 Å². The third-order valence-corrected chi connectivity index (χ3v) is 27.4. The number of aliphatic hydroxyl groups is 1. The van der Waals surface area contributed by atoms with Crippen molar-refractivity contribution in [3.05, 3.63) is 72.1 Å². The Morgan fingerprint density at radius 3 is 1.53 bits per heavy atom. The molecule has 46 heteroatoms. The standard InChI is InChI=1S/C92H135N19O24S3/c1-9-57-43-72(114)82(56(7)112)106-85(125)60(44-71(113)55(6)98-74(116)49-107(8)75(117)20-24-93)50-136-38-21-76(118)108-26-32-133-34-28-109-29-35-135-37-31-110(30-36-134-33-27-108)78(120)23-40-138-52-69(103-84(57)124)89(129)100-66(42-59-47-96-64-18-13-11-16-62(59)64)88(128)104-80(53(2)3)91(131)101-67(45-79(121)122)86(126)97-48-73(115)99-65(41-58-46-95-63-17-12-10-15-61(58)63)87(127)105-81(54(4)5)92(132)111-25-14-19-70(111)90(130)102-68(83(94)123)51-137-39-22-77(109)119/h10-13,15-18,46-47,53-57,60,65-70,80-82,95-96,112H,9,14,19-45,48-52,93H2,1-8H3,(H2,94,123)(H,97,126)(H,98,116)(H,99,115)(H,100,129)(H,101,131)(H,102,130)(H,103,124)(H,104,128)(H,105,127)(H,106,125)(H,121,122)/t55-,56+,57+,60-,65-,66-,67-,68-,69-,70-,80-,81-,82-/m0/s1. The smallest absolute Gasteiger partial charge is 0.305 e. The summed E-state index contributed by atoms with van der Waals surface area (Å²) in [6.07, 6.45) is -1.35. The maximum atomic E-state index is 15.5. The lowest BCUT2D eigenvalue weighted by atomic mass is 9.92. The van der Waals surface area contributed by atoms with E-state index in [9.17, 15) is 86.9 Å².